The first-order valence-corrected chi connectivity index (χ1v) is 6.84. The van der Waals surface area contributed by atoms with Crippen LogP contribution in [0, 0.1) is 12.8 Å². The van der Waals surface area contributed by atoms with Crippen molar-refractivity contribution in [1.29, 1.82) is 0 Å². The summed E-state index contributed by atoms with van der Waals surface area (Å²) in [5.41, 5.74) is 2.54. The van der Waals surface area contributed by atoms with Crippen LogP contribution >= 0.6 is 0 Å². The van der Waals surface area contributed by atoms with Crippen LogP contribution in [0.15, 0.2) is 28.7 Å². The van der Waals surface area contributed by atoms with E-state index in [1.807, 2.05) is 19.9 Å². The monoisotopic (exact) mass is 272 g/mol. The third kappa shape index (κ3) is 2.59. The number of fused-ring (bicyclic) bond motifs is 1. The molecule has 0 aliphatic heterocycles. The SMILES string of the molecule is CCC(C)C(C)=Cc1c(O)nc2cc(C)ccn2c1=O. The molecule has 0 aliphatic rings. The molecule has 4 nitrogen and oxygen atoms in total. The highest BCUT2D eigenvalue weighted by Crippen LogP contribution is 2.20. The zero-order valence-corrected chi connectivity index (χ0v) is 12.3. The summed E-state index contributed by atoms with van der Waals surface area (Å²) in [7, 11) is 0. The molecule has 1 unspecified atom stereocenters. The molecule has 0 spiro atoms. The molecular formula is C16H20N2O2. The number of nitrogens with zero attached hydrogens (tertiary/aromatic N) is 2. The van der Waals surface area contributed by atoms with Gasteiger partial charge in [-0.05, 0) is 50.0 Å². The highest BCUT2D eigenvalue weighted by Gasteiger charge is 2.11. The molecule has 2 aromatic rings. The minimum atomic E-state index is -0.241. The summed E-state index contributed by atoms with van der Waals surface area (Å²) in [6.45, 7) is 8.08. The highest BCUT2D eigenvalue weighted by atomic mass is 16.3. The van der Waals surface area contributed by atoms with Gasteiger partial charge in [0.25, 0.3) is 5.56 Å². The predicted molar refractivity (Wildman–Crippen MR) is 81.0 cm³/mol. The first-order valence-electron chi connectivity index (χ1n) is 6.84. The van der Waals surface area contributed by atoms with Crippen LogP contribution < -0.4 is 5.56 Å². The van der Waals surface area contributed by atoms with Gasteiger partial charge in [0.1, 0.15) is 11.2 Å². The topological polar surface area (TPSA) is 54.6 Å². The molecule has 0 aromatic carbocycles. The number of aromatic nitrogens is 2. The van der Waals surface area contributed by atoms with E-state index in [9.17, 15) is 9.90 Å². The summed E-state index contributed by atoms with van der Waals surface area (Å²) in [5.74, 6) is 0.163. The summed E-state index contributed by atoms with van der Waals surface area (Å²) in [6.07, 6.45) is 4.42. The number of aromatic hydroxyl groups is 1. The number of hydrogen-bond donors (Lipinski definition) is 1. The molecule has 0 radical (unpaired) electrons. The number of rotatable bonds is 3. The third-order valence-corrected chi connectivity index (χ3v) is 3.76. The molecule has 2 rings (SSSR count). The van der Waals surface area contributed by atoms with E-state index in [0.29, 0.717) is 11.6 Å². The van der Waals surface area contributed by atoms with Crippen LogP contribution in [0.3, 0.4) is 0 Å². The Balaban J connectivity index is 2.66. The molecule has 20 heavy (non-hydrogen) atoms. The van der Waals surface area contributed by atoms with Crippen LogP contribution in [0.1, 0.15) is 38.3 Å². The summed E-state index contributed by atoms with van der Waals surface area (Å²) >= 11 is 0. The summed E-state index contributed by atoms with van der Waals surface area (Å²) in [4.78, 5) is 16.5. The molecule has 0 fully saturated rings. The Labute approximate surface area is 118 Å². The normalized spacial score (nSPS) is 13.7. The van der Waals surface area contributed by atoms with Crippen molar-refractivity contribution >= 4 is 11.7 Å². The van der Waals surface area contributed by atoms with Gasteiger partial charge in [0.2, 0.25) is 5.88 Å². The molecule has 1 atom stereocenters. The van der Waals surface area contributed by atoms with E-state index in [1.165, 1.54) is 4.40 Å². The molecular weight excluding hydrogens is 252 g/mol. The fraction of sp³-hybridized carbons (Fsp3) is 0.375. The second-order valence-electron chi connectivity index (χ2n) is 5.28. The Morgan fingerprint density at radius 1 is 1.55 bits per heavy atom. The van der Waals surface area contributed by atoms with E-state index in [0.717, 1.165) is 17.6 Å². The van der Waals surface area contributed by atoms with Crippen molar-refractivity contribution in [3.63, 3.8) is 0 Å². The van der Waals surface area contributed by atoms with Crippen molar-refractivity contribution < 1.29 is 5.11 Å². The Hall–Kier alpha value is -2.10. The molecule has 1 N–H and O–H groups in total. The van der Waals surface area contributed by atoms with E-state index in [1.54, 1.807) is 18.3 Å². The number of allylic oxidation sites excluding steroid dienone is 1. The number of aryl methyl sites for hydroxylation is 1. The van der Waals surface area contributed by atoms with Crippen LogP contribution in [0.4, 0.5) is 0 Å². The molecule has 4 heteroatoms. The molecule has 0 aliphatic carbocycles. The number of pyridine rings is 1. The summed E-state index contributed by atoms with van der Waals surface area (Å²) in [6, 6.07) is 3.62. The van der Waals surface area contributed by atoms with Crippen molar-refractivity contribution in [2.75, 3.05) is 0 Å². The lowest BCUT2D eigenvalue weighted by molar-refractivity contribution is 0.451. The van der Waals surface area contributed by atoms with E-state index in [2.05, 4.69) is 18.8 Å². The van der Waals surface area contributed by atoms with Crippen molar-refractivity contribution in [3.8, 4) is 5.88 Å². The van der Waals surface area contributed by atoms with E-state index >= 15 is 0 Å². The second-order valence-corrected chi connectivity index (χ2v) is 5.28. The second kappa shape index (κ2) is 5.49. The van der Waals surface area contributed by atoms with Gasteiger partial charge in [-0.15, -0.1) is 0 Å². The van der Waals surface area contributed by atoms with E-state index in [-0.39, 0.29) is 17.0 Å². The van der Waals surface area contributed by atoms with Gasteiger partial charge in [-0.2, -0.15) is 4.98 Å². The van der Waals surface area contributed by atoms with E-state index in [4.69, 9.17) is 0 Å². The van der Waals surface area contributed by atoms with Gasteiger partial charge < -0.3 is 5.11 Å². The molecule has 0 bridgehead atoms. The quantitative estimate of drug-likeness (QED) is 0.933. The largest absolute Gasteiger partial charge is 0.493 e. The summed E-state index contributed by atoms with van der Waals surface area (Å²) in [5, 5.41) is 10.0. The maximum Gasteiger partial charge on any atom is 0.269 e. The zero-order valence-electron chi connectivity index (χ0n) is 12.3. The first kappa shape index (κ1) is 14.3. The van der Waals surface area contributed by atoms with Crippen LogP contribution in [-0.2, 0) is 0 Å². The van der Waals surface area contributed by atoms with Crippen LogP contribution in [0.25, 0.3) is 11.7 Å². The molecule has 0 saturated carbocycles. The van der Waals surface area contributed by atoms with Crippen LogP contribution in [0.5, 0.6) is 5.88 Å². The average molecular weight is 272 g/mol. The van der Waals surface area contributed by atoms with Crippen molar-refractivity contribution in [3.05, 3.63) is 45.4 Å². The fourth-order valence-corrected chi connectivity index (χ4v) is 2.06. The van der Waals surface area contributed by atoms with Gasteiger partial charge in [0, 0.05) is 6.20 Å². The van der Waals surface area contributed by atoms with Crippen molar-refractivity contribution in [1.82, 2.24) is 9.38 Å². The minimum Gasteiger partial charge on any atom is -0.493 e. The Morgan fingerprint density at radius 3 is 2.90 bits per heavy atom. The van der Waals surface area contributed by atoms with Gasteiger partial charge >= 0.3 is 0 Å². The van der Waals surface area contributed by atoms with Gasteiger partial charge in [-0.3, -0.25) is 9.20 Å². The standard InChI is InChI=1S/C16H20N2O2/c1-5-11(3)12(4)9-13-15(19)17-14-8-10(2)6-7-18(14)16(13)20/h6-9,11,19H,5H2,1-4H3. The highest BCUT2D eigenvalue weighted by molar-refractivity contribution is 5.59. The molecule has 106 valence electrons. The average Bonchev–Trinajstić information content (AvgIpc) is 2.41. The Kier molecular flexibility index (Phi) is 3.93. The number of hydrogen-bond acceptors (Lipinski definition) is 3. The lowest BCUT2D eigenvalue weighted by Gasteiger charge is -2.10. The maximum absolute atomic E-state index is 12.4. The first-order chi connectivity index (χ1) is 9.43. The van der Waals surface area contributed by atoms with Crippen LogP contribution in [0.2, 0.25) is 0 Å². The van der Waals surface area contributed by atoms with Crippen molar-refractivity contribution in [2.45, 2.75) is 34.1 Å². The minimum absolute atomic E-state index is 0.205. The molecule has 0 saturated heterocycles. The molecule has 2 aromatic heterocycles. The molecule has 2 heterocycles. The third-order valence-electron chi connectivity index (χ3n) is 3.76. The Bertz CT molecular complexity index is 729. The van der Waals surface area contributed by atoms with Gasteiger partial charge in [0.05, 0.1) is 0 Å². The van der Waals surface area contributed by atoms with Gasteiger partial charge in [0.15, 0.2) is 0 Å². The summed E-state index contributed by atoms with van der Waals surface area (Å²) < 4.78 is 1.46. The van der Waals surface area contributed by atoms with Gasteiger partial charge in [-0.1, -0.05) is 19.4 Å². The Morgan fingerprint density at radius 2 is 2.25 bits per heavy atom. The maximum atomic E-state index is 12.4. The fourth-order valence-electron chi connectivity index (χ4n) is 2.06. The lowest BCUT2D eigenvalue weighted by atomic mass is 9.98. The van der Waals surface area contributed by atoms with Gasteiger partial charge in [-0.25, -0.2) is 0 Å². The predicted octanol–water partition coefficient (Wildman–Crippen LogP) is 3.16. The van der Waals surface area contributed by atoms with Crippen molar-refractivity contribution in [2.24, 2.45) is 5.92 Å². The van der Waals surface area contributed by atoms with E-state index < -0.39 is 0 Å². The lowest BCUT2D eigenvalue weighted by Crippen LogP contribution is -2.18. The smallest absolute Gasteiger partial charge is 0.269 e. The zero-order chi connectivity index (χ0) is 14.9. The molecule has 0 amide bonds. The van der Waals surface area contributed by atoms with Crippen LogP contribution in [-0.4, -0.2) is 14.5 Å².